The maximum Gasteiger partial charge on any atom is 0.321 e. The summed E-state index contributed by atoms with van der Waals surface area (Å²) in [6.45, 7) is 1.50. The first-order chi connectivity index (χ1) is 9.85. The van der Waals surface area contributed by atoms with Crippen molar-refractivity contribution in [3.63, 3.8) is 0 Å². The number of ether oxygens (including phenoxy) is 2. The van der Waals surface area contributed by atoms with Gasteiger partial charge in [-0.3, -0.25) is 24.1 Å². The fourth-order valence-electron chi connectivity index (χ4n) is 2.43. The molecule has 0 aliphatic carbocycles. The van der Waals surface area contributed by atoms with Crippen LogP contribution in [0.15, 0.2) is 0 Å². The summed E-state index contributed by atoms with van der Waals surface area (Å²) < 4.78 is 9.45. The lowest BCUT2D eigenvalue weighted by molar-refractivity contribution is -0.169. The largest absolute Gasteiger partial charge is 0.480 e. The summed E-state index contributed by atoms with van der Waals surface area (Å²) in [5.41, 5.74) is -1.69. The Morgan fingerprint density at radius 1 is 1.38 bits per heavy atom. The van der Waals surface area contributed by atoms with E-state index in [1.165, 1.54) is 4.90 Å². The number of rotatable bonds is 6. The molecular formula is C13H19NO7. The highest BCUT2D eigenvalue weighted by Crippen LogP contribution is 2.32. The topological polar surface area (TPSA) is 110 Å². The molecular weight excluding hydrogens is 282 g/mol. The van der Waals surface area contributed by atoms with Gasteiger partial charge in [0.1, 0.15) is 5.41 Å². The van der Waals surface area contributed by atoms with E-state index in [0.717, 1.165) is 7.11 Å². The molecule has 21 heavy (non-hydrogen) atoms. The van der Waals surface area contributed by atoms with Crippen LogP contribution in [0.3, 0.4) is 0 Å². The van der Waals surface area contributed by atoms with E-state index in [1.807, 2.05) is 0 Å². The molecule has 0 amide bonds. The van der Waals surface area contributed by atoms with Gasteiger partial charge in [0.05, 0.1) is 26.7 Å². The highest BCUT2D eigenvalue weighted by atomic mass is 16.5. The number of carbonyl (C=O) groups is 4. The predicted octanol–water partition coefficient (Wildman–Crippen LogP) is -0.542. The monoisotopic (exact) mass is 301 g/mol. The zero-order valence-electron chi connectivity index (χ0n) is 12.1. The number of nitrogens with zero attached hydrogens (tertiary/aromatic N) is 1. The average Bonchev–Trinajstić information content (AvgIpc) is 2.41. The standard InChI is InChI=1S/C13H19NO7/c1-3-21-11(18)6-13(12(19)20-2)8-14(7-10(16)17)5-4-9(13)15/h3-8H2,1-2H3,(H,16,17). The van der Waals surface area contributed by atoms with E-state index in [4.69, 9.17) is 9.84 Å². The highest BCUT2D eigenvalue weighted by Gasteiger charge is 2.52. The number of carboxylic acids is 1. The first kappa shape index (κ1) is 17.1. The van der Waals surface area contributed by atoms with E-state index in [1.54, 1.807) is 6.92 Å². The SMILES string of the molecule is CCOC(=O)CC1(C(=O)OC)CN(CC(=O)O)CCC1=O. The van der Waals surface area contributed by atoms with Crippen LogP contribution < -0.4 is 0 Å². The van der Waals surface area contributed by atoms with E-state index >= 15 is 0 Å². The van der Waals surface area contributed by atoms with Crippen LogP contribution in [0.25, 0.3) is 0 Å². The molecule has 0 spiro atoms. The van der Waals surface area contributed by atoms with Crippen molar-refractivity contribution in [2.24, 2.45) is 5.41 Å². The minimum absolute atomic E-state index is 0.0121. The van der Waals surface area contributed by atoms with Gasteiger partial charge < -0.3 is 14.6 Å². The number of carbonyl (C=O) groups excluding carboxylic acids is 3. The fraction of sp³-hybridized carbons (Fsp3) is 0.692. The molecule has 8 nitrogen and oxygen atoms in total. The van der Waals surface area contributed by atoms with Crippen molar-refractivity contribution in [1.29, 1.82) is 0 Å². The lowest BCUT2D eigenvalue weighted by atomic mass is 9.75. The number of carboxylic acid groups (broad SMARTS) is 1. The molecule has 1 aliphatic rings. The number of likely N-dealkylation sites (tertiary alicyclic amines) is 1. The van der Waals surface area contributed by atoms with Crippen molar-refractivity contribution in [2.75, 3.05) is 33.4 Å². The Morgan fingerprint density at radius 2 is 2.05 bits per heavy atom. The number of ketones is 1. The second kappa shape index (κ2) is 7.16. The van der Waals surface area contributed by atoms with Gasteiger partial charge in [0.2, 0.25) is 0 Å². The third-order valence-electron chi connectivity index (χ3n) is 3.37. The van der Waals surface area contributed by atoms with E-state index in [0.29, 0.717) is 0 Å². The molecule has 1 unspecified atom stereocenters. The van der Waals surface area contributed by atoms with Crippen molar-refractivity contribution in [3.8, 4) is 0 Å². The third-order valence-corrected chi connectivity index (χ3v) is 3.37. The molecule has 8 heteroatoms. The molecule has 1 saturated heterocycles. The summed E-state index contributed by atoms with van der Waals surface area (Å²) in [6.07, 6.45) is -0.454. The molecule has 1 N–H and O–H groups in total. The average molecular weight is 301 g/mol. The summed E-state index contributed by atoms with van der Waals surface area (Å²) in [7, 11) is 1.12. The van der Waals surface area contributed by atoms with Gasteiger partial charge in [0, 0.05) is 19.5 Å². The van der Waals surface area contributed by atoms with Crippen molar-refractivity contribution in [2.45, 2.75) is 19.8 Å². The molecule has 1 rings (SSSR count). The second-order valence-electron chi connectivity index (χ2n) is 4.83. The molecule has 0 saturated carbocycles. The first-order valence-electron chi connectivity index (χ1n) is 6.57. The van der Waals surface area contributed by atoms with E-state index in [9.17, 15) is 19.2 Å². The van der Waals surface area contributed by atoms with Gasteiger partial charge >= 0.3 is 17.9 Å². The van der Waals surface area contributed by atoms with Crippen LogP contribution in [0.4, 0.5) is 0 Å². The maximum absolute atomic E-state index is 12.2. The minimum atomic E-state index is -1.69. The van der Waals surface area contributed by atoms with Gasteiger partial charge in [-0.1, -0.05) is 0 Å². The number of methoxy groups -OCH3 is 1. The van der Waals surface area contributed by atoms with Gasteiger partial charge in [0.25, 0.3) is 0 Å². The van der Waals surface area contributed by atoms with Crippen molar-refractivity contribution < 1.29 is 33.8 Å². The number of aliphatic carboxylic acids is 1. The fourth-order valence-corrected chi connectivity index (χ4v) is 2.43. The Hall–Kier alpha value is -1.96. The van der Waals surface area contributed by atoms with Crippen LogP contribution in [0.1, 0.15) is 19.8 Å². The van der Waals surface area contributed by atoms with Crippen molar-refractivity contribution in [1.82, 2.24) is 4.90 Å². The van der Waals surface area contributed by atoms with Crippen LogP contribution in [0, 0.1) is 5.41 Å². The summed E-state index contributed by atoms with van der Waals surface area (Å²) in [5, 5.41) is 8.83. The lowest BCUT2D eigenvalue weighted by Crippen LogP contribution is -2.56. The molecule has 1 aliphatic heterocycles. The molecule has 1 heterocycles. The van der Waals surface area contributed by atoms with Gasteiger partial charge in [-0.2, -0.15) is 0 Å². The molecule has 0 aromatic heterocycles. The van der Waals surface area contributed by atoms with Crippen LogP contribution in [0.2, 0.25) is 0 Å². The number of esters is 2. The van der Waals surface area contributed by atoms with Gasteiger partial charge in [-0.25, -0.2) is 0 Å². The molecule has 1 fully saturated rings. The Bertz CT molecular complexity index is 438. The summed E-state index contributed by atoms with van der Waals surface area (Å²) in [5.74, 6) is -3.02. The smallest absolute Gasteiger partial charge is 0.321 e. The Kier molecular flexibility index (Phi) is 5.83. The minimum Gasteiger partial charge on any atom is -0.480 e. The van der Waals surface area contributed by atoms with Gasteiger partial charge in [-0.05, 0) is 6.92 Å². The normalized spacial score (nSPS) is 22.7. The second-order valence-corrected chi connectivity index (χ2v) is 4.83. The highest BCUT2D eigenvalue weighted by molar-refractivity contribution is 6.07. The number of piperidine rings is 1. The van der Waals surface area contributed by atoms with E-state index < -0.39 is 35.5 Å². The van der Waals surface area contributed by atoms with Crippen LogP contribution in [-0.4, -0.2) is 67.0 Å². The predicted molar refractivity (Wildman–Crippen MR) is 69.4 cm³/mol. The first-order valence-corrected chi connectivity index (χ1v) is 6.57. The van der Waals surface area contributed by atoms with Crippen LogP contribution in [0.5, 0.6) is 0 Å². The van der Waals surface area contributed by atoms with Crippen LogP contribution in [-0.2, 0) is 28.7 Å². The quantitative estimate of drug-likeness (QED) is 0.514. The Morgan fingerprint density at radius 3 is 2.57 bits per heavy atom. The van der Waals surface area contributed by atoms with E-state index in [-0.39, 0.29) is 32.7 Å². The zero-order valence-corrected chi connectivity index (χ0v) is 12.1. The number of hydrogen-bond acceptors (Lipinski definition) is 7. The molecule has 0 bridgehead atoms. The molecule has 0 aromatic rings. The lowest BCUT2D eigenvalue weighted by Gasteiger charge is -2.38. The third kappa shape index (κ3) is 4.01. The van der Waals surface area contributed by atoms with Crippen molar-refractivity contribution >= 4 is 23.7 Å². The summed E-state index contributed by atoms with van der Waals surface area (Å²) in [4.78, 5) is 48.2. The van der Waals surface area contributed by atoms with Gasteiger partial charge in [0.15, 0.2) is 5.78 Å². The number of Topliss-reactive ketones (excluding diaryl/α,β-unsaturated/α-hetero) is 1. The van der Waals surface area contributed by atoms with Gasteiger partial charge in [-0.15, -0.1) is 0 Å². The van der Waals surface area contributed by atoms with Crippen molar-refractivity contribution in [3.05, 3.63) is 0 Å². The Labute approximate surface area is 122 Å². The molecule has 118 valence electrons. The maximum atomic E-state index is 12.2. The Balaban J connectivity index is 3.01. The van der Waals surface area contributed by atoms with Crippen LogP contribution >= 0.6 is 0 Å². The zero-order chi connectivity index (χ0) is 16.0. The summed E-state index contributed by atoms with van der Waals surface area (Å²) >= 11 is 0. The van der Waals surface area contributed by atoms with E-state index in [2.05, 4.69) is 4.74 Å². The summed E-state index contributed by atoms with van der Waals surface area (Å²) in [6, 6.07) is 0. The molecule has 0 radical (unpaired) electrons. The molecule has 0 aromatic carbocycles. The molecule has 1 atom stereocenters. The number of hydrogen-bond donors (Lipinski definition) is 1.